The molecule has 4 rings (SSSR count). The Labute approximate surface area is 201 Å². The van der Waals surface area contributed by atoms with E-state index in [1.165, 1.54) is 11.8 Å². The molecule has 1 aliphatic heterocycles. The maximum Gasteiger partial charge on any atom is 0.303 e. The highest BCUT2D eigenvalue weighted by atomic mass is 32.2. The molecule has 168 valence electrons. The molecule has 0 unspecified atom stereocenters. The van der Waals surface area contributed by atoms with E-state index in [1.54, 1.807) is 22.0 Å². The van der Waals surface area contributed by atoms with E-state index in [2.05, 4.69) is 4.98 Å². The minimum atomic E-state index is -0.801. The van der Waals surface area contributed by atoms with Gasteiger partial charge >= 0.3 is 5.97 Å². The van der Waals surface area contributed by atoms with Crippen LogP contribution in [0.3, 0.4) is 0 Å². The van der Waals surface area contributed by atoms with Gasteiger partial charge in [0.15, 0.2) is 0 Å². The monoisotopic (exact) mass is 478 g/mol. The van der Waals surface area contributed by atoms with Crippen molar-refractivity contribution in [1.82, 2.24) is 19.7 Å². The lowest BCUT2D eigenvalue weighted by atomic mass is 10.1. The Morgan fingerprint density at radius 1 is 1.09 bits per heavy atom. The summed E-state index contributed by atoms with van der Waals surface area (Å²) in [6, 6.07) is 13.6. The Hall–Kier alpha value is -3.30. The van der Waals surface area contributed by atoms with Crippen molar-refractivity contribution in [3.8, 4) is 16.9 Å². The predicted octanol–water partition coefficient (Wildman–Crippen LogP) is 4.78. The van der Waals surface area contributed by atoms with E-state index < -0.39 is 5.97 Å². The minimum Gasteiger partial charge on any atom is -0.481 e. The highest BCUT2D eigenvalue weighted by Gasteiger charge is 2.32. The summed E-state index contributed by atoms with van der Waals surface area (Å²) in [5, 5.41) is 13.5. The van der Waals surface area contributed by atoms with Crippen molar-refractivity contribution in [2.75, 3.05) is 6.54 Å². The standard InChI is InChI=1S/C24H22N4O3S2/c29-21(30)9-5-2-6-14-27-23(31)20(33-24(27)32)15-18-16-28(19-7-3-1-4-8-19)26-22(18)17-10-12-25-13-11-17/h1,3-4,7-8,10-13,15-16H,2,5-6,9,14H2,(H,29,30). The zero-order valence-corrected chi connectivity index (χ0v) is 19.4. The molecule has 0 bridgehead atoms. The van der Waals surface area contributed by atoms with Gasteiger partial charge in [-0.25, -0.2) is 4.68 Å². The van der Waals surface area contributed by atoms with Crippen LogP contribution in [-0.4, -0.2) is 47.5 Å². The van der Waals surface area contributed by atoms with Gasteiger partial charge in [0.2, 0.25) is 0 Å². The van der Waals surface area contributed by atoms with Gasteiger partial charge in [-0.3, -0.25) is 19.5 Å². The second-order valence-corrected chi connectivity index (χ2v) is 9.16. The van der Waals surface area contributed by atoms with Crippen LogP contribution in [0.4, 0.5) is 0 Å². The number of carbonyl (C=O) groups is 2. The Kier molecular flexibility index (Phi) is 7.31. The number of pyridine rings is 1. The number of carboxylic acid groups (broad SMARTS) is 1. The van der Waals surface area contributed by atoms with Crippen molar-refractivity contribution >= 4 is 46.3 Å². The predicted molar refractivity (Wildman–Crippen MR) is 133 cm³/mol. The summed E-state index contributed by atoms with van der Waals surface area (Å²) in [5.74, 6) is -0.930. The molecule has 2 aromatic heterocycles. The van der Waals surface area contributed by atoms with E-state index in [4.69, 9.17) is 22.4 Å². The summed E-state index contributed by atoms with van der Waals surface area (Å²) in [6.07, 6.45) is 9.35. The summed E-state index contributed by atoms with van der Waals surface area (Å²) in [4.78, 5) is 29.9. The van der Waals surface area contributed by atoms with Gasteiger partial charge in [-0.15, -0.1) is 0 Å². The van der Waals surface area contributed by atoms with E-state index in [9.17, 15) is 9.59 Å². The van der Waals surface area contributed by atoms with Crippen LogP contribution in [-0.2, 0) is 9.59 Å². The second kappa shape index (κ2) is 10.5. The molecular formula is C24H22N4O3S2. The van der Waals surface area contributed by atoms with Gasteiger partial charge in [-0.05, 0) is 43.2 Å². The average Bonchev–Trinajstić information content (AvgIpc) is 3.36. The van der Waals surface area contributed by atoms with Crippen molar-refractivity contribution in [3.63, 3.8) is 0 Å². The average molecular weight is 479 g/mol. The molecule has 3 heterocycles. The molecule has 1 aromatic carbocycles. The first-order valence-electron chi connectivity index (χ1n) is 10.6. The van der Waals surface area contributed by atoms with Crippen LogP contribution in [0.25, 0.3) is 23.0 Å². The van der Waals surface area contributed by atoms with Crippen molar-refractivity contribution in [2.24, 2.45) is 0 Å². The minimum absolute atomic E-state index is 0.128. The Bertz CT molecular complexity index is 1190. The topological polar surface area (TPSA) is 88.3 Å². The number of nitrogens with zero attached hydrogens (tertiary/aromatic N) is 4. The molecule has 33 heavy (non-hydrogen) atoms. The smallest absolute Gasteiger partial charge is 0.303 e. The lowest BCUT2D eigenvalue weighted by Gasteiger charge is -2.13. The number of carboxylic acids is 1. The van der Waals surface area contributed by atoms with Gasteiger partial charge in [0.1, 0.15) is 10.0 Å². The number of rotatable bonds is 9. The largest absolute Gasteiger partial charge is 0.481 e. The first-order valence-corrected chi connectivity index (χ1v) is 11.8. The van der Waals surface area contributed by atoms with Crippen molar-refractivity contribution in [2.45, 2.75) is 25.7 Å². The lowest BCUT2D eigenvalue weighted by molar-refractivity contribution is -0.137. The maximum absolute atomic E-state index is 13.0. The van der Waals surface area contributed by atoms with Crippen LogP contribution in [0.15, 0.2) is 66.0 Å². The van der Waals surface area contributed by atoms with E-state index >= 15 is 0 Å². The van der Waals surface area contributed by atoms with Crippen LogP contribution in [0.2, 0.25) is 0 Å². The molecule has 7 nitrogen and oxygen atoms in total. The lowest BCUT2D eigenvalue weighted by Crippen LogP contribution is -2.29. The summed E-state index contributed by atoms with van der Waals surface area (Å²) in [6.45, 7) is 0.488. The molecule has 0 saturated carbocycles. The molecule has 1 aliphatic rings. The number of thiocarbonyl (C=S) groups is 1. The van der Waals surface area contributed by atoms with Crippen LogP contribution in [0, 0.1) is 0 Å². The highest BCUT2D eigenvalue weighted by molar-refractivity contribution is 8.26. The number of amides is 1. The number of hydrogen-bond acceptors (Lipinski definition) is 6. The molecule has 0 spiro atoms. The van der Waals surface area contributed by atoms with Crippen molar-refractivity contribution in [3.05, 3.63) is 71.5 Å². The van der Waals surface area contributed by atoms with Gasteiger partial charge < -0.3 is 5.11 Å². The zero-order valence-electron chi connectivity index (χ0n) is 17.8. The van der Waals surface area contributed by atoms with Crippen molar-refractivity contribution in [1.29, 1.82) is 0 Å². The third-order valence-electron chi connectivity index (χ3n) is 5.15. The van der Waals surface area contributed by atoms with Gasteiger partial charge in [0.25, 0.3) is 5.91 Å². The van der Waals surface area contributed by atoms with Gasteiger partial charge in [0, 0.05) is 42.7 Å². The second-order valence-electron chi connectivity index (χ2n) is 7.49. The van der Waals surface area contributed by atoms with E-state index in [0.717, 1.165) is 28.9 Å². The number of aliphatic carboxylic acids is 1. The highest BCUT2D eigenvalue weighted by Crippen LogP contribution is 2.35. The molecule has 0 radical (unpaired) electrons. The van der Waals surface area contributed by atoms with Crippen LogP contribution in [0.1, 0.15) is 31.2 Å². The fourth-order valence-corrected chi connectivity index (χ4v) is 4.80. The summed E-state index contributed by atoms with van der Waals surface area (Å²) >= 11 is 6.72. The van der Waals surface area contributed by atoms with Crippen LogP contribution in [0.5, 0.6) is 0 Å². The van der Waals surface area contributed by atoms with Gasteiger partial charge in [-0.1, -0.05) is 48.6 Å². The molecule has 1 saturated heterocycles. The van der Waals surface area contributed by atoms with Crippen molar-refractivity contribution < 1.29 is 14.7 Å². The first kappa shape index (κ1) is 22.9. The van der Waals surface area contributed by atoms with E-state index in [-0.39, 0.29) is 12.3 Å². The van der Waals surface area contributed by atoms with E-state index in [1.807, 2.05) is 54.7 Å². The third-order valence-corrected chi connectivity index (χ3v) is 6.53. The number of hydrogen-bond donors (Lipinski definition) is 1. The fourth-order valence-electron chi connectivity index (χ4n) is 3.50. The number of thioether (sulfide) groups is 1. The van der Waals surface area contributed by atoms with Gasteiger partial charge in [-0.2, -0.15) is 5.10 Å². The molecule has 1 N–H and O–H groups in total. The quantitative estimate of drug-likeness (QED) is 0.269. The number of para-hydroxylation sites is 1. The van der Waals surface area contributed by atoms with Crippen LogP contribution >= 0.6 is 24.0 Å². The molecular weight excluding hydrogens is 456 g/mol. The Morgan fingerprint density at radius 3 is 2.58 bits per heavy atom. The van der Waals surface area contributed by atoms with Gasteiger partial charge in [0.05, 0.1) is 10.6 Å². The molecule has 1 fully saturated rings. The first-order chi connectivity index (χ1) is 16.0. The van der Waals surface area contributed by atoms with E-state index in [0.29, 0.717) is 28.6 Å². The molecule has 0 atom stereocenters. The molecule has 0 aliphatic carbocycles. The number of unbranched alkanes of at least 4 members (excludes halogenated alkanes) is 2. The zero-order chi connectivity index (χ0) is 23.2. The molecule has 9 heteroatoms. The number of benzene rings is 1. The Balaban J connectivity index is 1.57. The molecule has 3 aromatic rings. The summed E-state index contributed by atoms with van der Waals surface area (Å²) in [5.41, 5.74) is 3.38. The Morgan fingerprint density at radius 2 is 1.85 bits per heavy atom. The summed E-state index contributed by atoms with van der Waals surface area (Å²) < 4.78 is 2.32. The SMILES string of the molecule is O=C(O)CCCCCN1C(=O)C(=Cc2cn(-c3ccccc3)nc2-c2ccncc2)SC1=S. The normalized spacial score (nSPS) is 14.9. The summed E-state index contributed by atoms with van der Waals surface area (Å²) in [7, 11) is 0. The number of aromatic nitrogens is 3. The fraction of sp³-hybridized carbons (Fsp3) is 0.208. The van der Waals surface area contributed by atoms with Crippen LogP contribution < -0.4 is 0 Å². The molecule has 1 amide bonds. The maximum atomic E-state index is 13.0. The third kappa shape index (κ3) is 5.55. The number of carbonyl (C=O) groups excluding carboxylic acids is 1.